The minimum absolute atomic E-state index is 0.0103. The van der Waals surface area contributed by atoms with Crippen LogP contribution in [0.2, 0.25) is 0 Å². The first-order chi connectivity index (χ1) is 17.1. The van der Waals surface area contributed by atoms with E-state index >= 15 is 0 Å². The lowest BCUT2D eigenvalue weighted by Gasteiger charge is -2.39. The first-order valence-electron chi connectivity index (χ1n) is 13.0. The Morgan fingerprint density at radius 3 is 2.46 bits per heavy atom. The number of hydrogen-bond acceptors (Lipinski definition) is 3. The van der Waals surface area contributed by atoms with Crippen molar-refractivity contribution in [2.24, 2.45) is 10.9 Å². The molecule has 0 saturated carbocycles. The minimum Gasteiger partial charge on any atom is -0.317 e. The monoisotopic (exact) mass is 509 g/mol. The van der Waals surface area contributed by atoms with Crippen LogP contribution in [-0.4, -0.2) is 68.6 Å². The van der Waals surface area contributed by atoms with Crippen molar-refractivity contribution in [2.45, 2.75) is 46.2 Å². The molecule has 0 saturated heterocycles. The predicted molar refractivity (Wildman–Crippen MR) is 157 cm³/mol. The summed E-state index contributed by atoms with van der Waals surface area (Å²) in [7, 11) is 9.01. The van der Waals surface area contributed by atoms with Crippen molar-refractivity contribution < 1.29 is 13.7 Å². The lowest BCUT2D eigenvalue weighted by molar-refractivity contribution is -0.817. The third-order valence-electron chi connectivity index (χ3n) is 7.23. The van der Waals surface area contributed by atoms with Gasteiger partial charge < -0.3 is 11.8 Å². The Bertz CT molecular complexity index is 1140. The lowest BCUT2D eigenvalue weighted by Crippen LogP contribution is -2.63. The number of carbonyl (C=O) groups is 1. The molecule has 5 nitrogen and oxygen atoms in total. The number of aliphatic imine (C=N–C) groups is 1. The highest BCUT2D eigenvalue weighted by molar-refractivity contribution is 6.01. The van der Waals surface area contributed by atoms with Gasteiger partial charge in [0.1, 0.15) is 5.69 Å². The molecular weight excluding hydrogens is 463 g/mol. The van der Waals surface area contributed by atoms with Crippen molar-refractivity contribution in [3.63, 3.8) is 0 Å². The lowest BCUT2D eigenvalue weighted by atomic mass is 10.00. The molecule has 0 fully saturated rings. The van der Waals surface area contributed by atoms with Gasteiger partial charge in [0.15, 0.2) is 0 Å². The van der Waals surface area contributed by atoms with E-state index in [0.29, 0.717) is 5.92 Å². The number of alkyl halides is 1. The van der Waals surface area contributed by atoms with Gasteiger partial charge in [0.05, 0.1) is 34.7 Å². The average molecular weight is 510 g/mol. The second-order valence-electron chi connectivity index (χ2n) is 11.2. The molecule has 0 bridgehead atoms. The zero-order chi connectivity index (χ0) is 28.2. The molecule has 2 unspecified atom stereocenters. The third kappa shape index (κ3) is 7.14. The van der Waals surface area contributed by atoms with Crippen molar-refractivity contribution >= 4 is 23.1 Å². The van der Waals surface area contributed by atoms with Gasteiger partial charge in [-0.2, -0.15) is 9.28 Å². The molecule has 1 aromatic rings. The maximum atomic E-state index is 14.8. The Kier molecular flexibility index (Phi) is 9.61. The Morgan fingerprint density at radius 1 is 1.27 bits per heavy atom. The quantitative estimate of drug-likeness (QED) is 0.201. The number of benzene rings is 1. The highest BCUT2D eigenvalue weighted by atomic mass is 19.1. The van der Waals surface area contributed by atoms with Crippen LogP contribution < -0.4 is 4.48 Å². The molecule has 6 heteroatoms. The number of urea groups is 1. The standard InChI is InChI=1S/C31H46FN4O/c1-12-23(3)19-29(34-18-17-26(20-24(34)4)25(5)33-7)27-15-14-16-28(21-27)36(10,11)30(37)35(8,9)22-31(6,32)13-2/h14-21,23H,4,6,12-13,22H2,1-3,5,7-11H3/q+1/b29-19-,33-25?. The van der Waals surface area contributed by atoms with E-state index < -0.39 is 5.67 Å². The zero-order valence-corrected chi connectivity index (χ0v) is 24.3. The van der Waals surface area contributed by atoms with Crippen LogP contribution in [-0.2, 0) is 0 Å². The smallest absolute Gasteiger partial charge is 0.317 e. The van der Waals surface area contributed by atoms with Gasteiger partial charge in [-0.15, -0.1) is 0 Å². The molecule has 1 heterocycles. The molecule has 2 atom stereocenters. The van der Waals surface area contributed by atoms with Crippen LogP contribution in [0.4, 0.5) is 14.9 Å². The molecule has 0 N–H and O–H groups in total. The van der Waals surface area contributed by atoms with E-state index in [1.807, 2.05) is 51.5 Å². The molecule has 0 spiro atoms. The minimum atomic E-state index is -1.67. The average Bonchev–Trinajstić information content (AvgIpc) is 2.85. The van der Waals surface area contributed by atoms with E-state index in [9.17, 15) is 9.18 Å². The first kappa shape index (κ1) is 30.4. The van der Waals surface area contributed by atoms with Crippen LogP contribution in [0.5, 0.6) is 0 Å². The Labute approximate surface area is 224 Å². The molecule has 1 aliphatic heterocycles. The molecule has 202 valence electrons. The molecule has 0 aliphatic carbocycles. The maximum absolute atomic E-state index is 14.8. The van der Waals surface area contributed by atoms with Gasteiger partial charge >= 0.3 is 6.03 Å². The highest BCUT2D eigenvalue weighted by Crippen LogP contribution is 2.33. The number of carbonyl (C=O) groups excluding carboxylic acids is 1. The number of halogens is 1. The fraction of sp³-hybridized carbons (Fsp3) is 0.452. The summed E-state index contributed by atoms with van der Waals surface area (Å²) in [5.74, 6) is 0.340. The fourth-order valence-electron chi connectivity index (χ4n) is 4.53. The summed E-state index contributed by atoms with van der Waals surface area (Å²) in [6.45, 7) is 16.1. The van der Waals surface area contributed by atoms with Gasteiger partial charge in [0.25, 0.3) is 0 Å². The molecule has 0 radical (unpaired) electrons. The summed E-state index contributed by atoms with van der Waals surface area (Å²) in [5, 5.41) is 0. The highest BCUT2D eigenvalue weighted by Gasteiger charge is 2.45. The fourth-order valence-corrected chi connectivity index (χ4v) is 4.53. The van der Waals surface area contributed by atoms with Gasteiger partial charge in [-0.3, -0.25) is 9.38 Å². The van der Waals surface area contributed by atoms with Crippen molar-refractivity contribution in [1.29, 1.82) is 0 Å². The van der Waals surface area contributed by atoms with E-state index in [1.165, 1.54) is 0 Å². The van der Waals surface area contributed by atoms with Crippen molar-refractivity contribution in [3.05, 3.63) is 79.0 Å². The molecule has 1 aliphatic rings. The largest absolute Gasteiger partial charge is 0.518 e. The summed E-state index contributed by atoms with van der Waals surface area (Å²) >= 11 is 0. The zero-order valence-electron chi connectivity index (χ0n) is 24.3. The Balaban J connectivity index is 2.53. The number of quaternary nitrogens is 2. The molecule has 2 rings (SSSR count). The molecule has 0 aromatic heterocycles. The van der Waals surface area contributed by atoms with Crippen LogP contribution in [0, 0.1) is 12.8 Å². The van der Waals surface area contributed by atoms with E-state index in [4.69, 9.17) is 0 Å². The van der Waals surface area contributed by atoms with Gasteiger partial charge in [0, 0.05) is 47.7 Å². The Morgan fingerprint density at radius 2 is 1.92 bits per heavy atom. The number of amides is 2. The van der Waals surface area contributed by atoms with Crippen LogP contribution >= 0.6 is 0 Å². The molecule has 1 aromatic carbocycles. The SMILES string of the molecule is C=C1C=C(C(C)=NC)C=CN1/C(=C\C(C)CC)c1cccc([N+](C)(C)C(=O)[N+](C)(C)CC([CH2-])(F)CC)c1. The predicted octanol–water partition coefficient (Wildman–Crippen LogP) is 7.15. The van der Waals surface area contributed by atoms with E-state index in [2.05, 4.69) is 55.5 Å². The van der Waals surface area contributed by atoms with Crippen LogP contribution in [0.15, 0.2) is 71.5 Å². The number of hydrogen-bond donors (Lipinski definition) is 0. The topological polar surface area (TPSA) is 32.7 Å². The third-order valence-corrected chi connectivity index (χ3v) is 7.23. The summed E-state index contributed by atoms with van der Waals surface area (Å²) in [6.07, 6.45) is 9.60. The van der Waals surface area contributed by atoms with E-state index in [0.717, 1.165) is 40.4 Å². The van der Waals surface area contributed by atoms with Crippen LogP contribution in [0.1, 0.15) is 46.1 Å². The van der Waals surface area contributed by atoms with Gasteiger partial charge in [-0.05, 0) is 43.1 Å². The van der Waals surface area contributed by atoms with E-state index in [1.54, 1.807) is 28.1 Å². The molecule has 37 heavy (non-hydrogen) atoms. The molecular formula is C31H46FN4O+. The number of rotatable bonds is 9. The van der Waals surface area contributed by atoms with Crippen molar-refractivity contribution in [3.8, 4) is 0 Å². The Hall–Kier alpha value is -2.83. The van der Waals surface area contributed by atoms with Crippen LogP contribution in [0.3, 0.4) is 0 Å². The van der Waals surface area contributed by atoms with Gasteiger partial charge in [0.2, 0.25) is 0 Å². The molecule has 2 amide bonds. The van der Waals surface area contributed by atoms with Gasteiger partial charge in [-0.1, -0.05) is 52.0 Å². The second kappa shape index (κ2) is 11.7. The summed E-state index contributed by atoms with van der Waals surface area (Å²) in [5.41, 5.74) is 3.98. The summed E-state index contributed by atoms with van der Waals surface area (Å²) < 4.78 is 14.7. The summed E-state index contributed by atoms with van der Waals surface area (Å²) in [4.78, 5) is 20.1. The first-order valence-corrected chi connectivity index (χ1v) is 13.0. The van der Waals surface area contributed by atoms with Crippen molar-refractivity contribution in [2.75, 3.05) is 41.8 Å². The number of nitrogens with zero attached hydrogens (tertiary/aromatic N) is 4. The normalized spacial score (nSPS) is 18.0. The van der Waals surface area contributed by atoms with Gasteiger partial charge in [-0.25, -0.2) is 4.48 Å². The van der Waals surface area contributed by atoms with E-state index in [-0.39, 0.29) is 28.0 Å². The van der Waals surface area contributed by atoms with Crippen LogP contribution in [0.25, 0.3) is 5.70 Å². The number of allylic oxidation sites excluding steroid dienone is 4. The summed E-state index contributed by atoms with van der Waals surface area (Å²) in [6, 6.07) is 7.92. The maximum Gasteiger partial charge on any atom is 0.518 e. The second-order valence-corrected chi connectivity index (χ2v) is 11.2. The van der Waals surface area contributed by atoms with Crippen molar-refractivity contribution in [1.82, 2.24) is 9.38 Å².